The molecule has 0 atom stereocenters. The lowest BCUT2D eigenvalue weighted by Gasteiger charge is -2.18. The summed E-state index contributed by atoms with van der Waals surface area (Å²) >= 11 is 0. The van der Waals surface area contributed by atoms with Crippen LogP contribution in [0.2, 0.25) is 0 Å². The Morgan fingerprint density at radius 2 is 1.46 bits per heavy atom. The van der Waals surface area contributed by atoms with Crippen molar-refractivity contribution in [1.29, 1.82) is 0 Å². The standard InChI is InChI=1S/C21H24N2O5/c1-4-23(5-2)20(25)15-6-10-17(11-7-15)22-19(24)14-28-21(26)16-8-12-18(27-3)13-9-16/h6-13H,4-5,14H2,1-3H3,(H,22,24). The van der Waals surface area contributed by atoms with Gasteiger partial charge in [-0.05, 0) is 62.4 Å². The largest absolute Gasteiger partial charge is 0.497 e. The van der Waals surface area contributed by atoms with E-state index in [9.17, 15) is 14.4 Å². The SMILES string of the molecule is CCN(CC)C(=O)c1ccc(NC(=O)COC(=O)c2ccc(OC)cc2)cc1. The molecule has 2 aromatic rings. The monoisotopic (exact) mass is 384 g/mol. The average molecular weight is 384 g/mol. The second-order valence-electron chi connectivity index (χ2n) is 5.91. The molecular weight excluding hydrogens is 360 g/mol. The van der Waals surface area contributed by atoms with Crippen LogP contribution >= 0.6 is 0 Å². The molecule has 0 heterocycles. The van der Waals surface area contributed by atoms with Crippen LogP contribution in [0, 0.1) is 0 Å². The summed E-state index contributed by atoms with van der Waals surface area (Å²) in [6, 6.07) is 13.0. The van der Waals surface area contributed by atoms with E-state index < -0.39 is 18.5 Å². The van der Waals surface area contributed by atoms with Crippen molar-refractivity contribution in [3.63, 3.8) is 0 Å². The summed E-state index contributed by atoms with van der Waals surface area (Å²) in [5.41, 5.74) is 1.39. The molecule has 1 N–H and O–H groups in total. The van der Waals surface area contributed by atoms with Gasteiger partial charge in [0.25, 0.3) is 11.8 Å². The molecule has 0 saturated carbocycles. The van der Waals surface area contributed by atoms with Gasteiger partial charge in [0, 0.05) is 24.3 Å². The minimum Gasteiger partial charge on any atom is -0.497 e. The van der Waals surface area contributed by atoms with Crippen molar-refractivity contribution in [1.82, 2.24) is 4.90 Å². The van der Waals surface area contributed by atoms with Crippen LogP contribution in [0.5, 0.6) is 5.75 Å². The lowest BCUT2D eigenvalue weighted by Crippen LogP contribution is -2.30. The van der Waals surface area contributed by atoms with Crippen molar-refractivity contribution in [2.45, 2.75) is 13.8 Å². The first-order chi connectivity index (χ1) is 13.5. The number of benzene rings is 2. The van der Waals surface area contributed by atoms with Gasteiger partial charge in [0.2, 0.25) is 0 Å². The smallest absolute Gasteiger partial charge is 0.338 e. The van der Waals surface area contributed by atoms with Gasteiger partial charge in [-0.25, -0.2) is 4.79 Å². The predicted octanol–water partition coefficient (Wildman–Crippen LogP) is 2.97. The normalized spacial score (nSPS) is 10.1. The summed E-state index contributed by atoms with van der Waals surface area (Å²) in [5.74, 6) is -0.504. The minimum atomic E-state index is -0.599. The van der Waals surface area contributed by atoms with E-state index in [2.05, 4.69) is 5.32 Å². The van der Waals surface area contributed by atoms with E-state index >= 15 is 0 Å². The molecule has 148 valence electrons. The Kier molecular flexibility index (Phi) is 7.56. The Morgan fingerprint density at radius 3 is 2.00 bits per heavy atom. The number of esters is 1. The van der Waals surface area contributed by atoms with Crippen molar-refractivity contribution < 1.29 is 23.9 Å². The van der Waals surface area contributed by atoms with Gasteiger partial charge in [-0.2, -0.15) is 0 Å². The van der Waals surface area contributed by atoms with E-state index in [1.165, 1.54) is 7.11 Å². The summed E-state index contributed by atoms with van der Waals surface area (Å²) < 4.78 is 10.0. The number of ether oxygens (including phenoxy) is 2. The highest BCUT2D eigenvalue weighted by atomic mass is 16.5. The molecular formula is C21H24N2O5. The van der Waals surface area contributed by atoms with Crippen molar-refractivity contribution in [3.05, 3.63) is 59.7 Å². The third-order valence-corrected chi connectivity index (χ3v) is 4.13. The molecule has 0 unspecified atom stereocenters. The molecule has 2 aromatic carbocycles. The minimum absolute atomic E-state index is 0.0590. The fourth-order valence-electron chi connectivity index (χ4n) is 2.53. The zero-order chi connectivity index (χ0) is 20.5. The predicted molar refractivity (Wildman–Crippen MR) is 106 cm³/mol. The molecule has 0 fully saturated rings. The maximum atomic E-state index is 12.3. The average Bonchev–Trinajstić information content (AvgIpc) is 2.73. The van der Waals surface area contributed by atoms with Gasteiger partial charge in [0.15, 0.2) is 6.61 Å². The summed E-state index contributed by atoms with van der Waals surface area (Å²) in [7, 11) is 1.53. The summed E-state index contributed by atoms with van der Waals surface area (Å²) in [6.07, 6.45) is 0. The van der Waals surface area contributed by atoms with Gasteiger partial charge in [0.05, 0.1) is 12.7 Å². The van der Waals surface area contributed by atoms with Gasteiger partial charge in [-0.1, -0.05) is 0 Å². The molecule has 0 saturated heterocycles. The zero-order valence-electron chi connectivity index (χ0n) is 16.2. The molecule has 0 aliphatic heterocycles. The van der Waals surface area contributed by atoms with Crippen LogP contribution in [0.4, 0.5) is 5.69 Å². The number of rotatable bonds is 8. The topological polar surface area (TPSA) is 84.9 Å². The number of hydrogen-bond acceptors (Lipinski definition) is 5. The molecule has 0 aromatic heterocycles. The quantitative estimate of drug-likeness (QED) is 0.708. The number of nitrogens with zero attached hydrogens (tertiary/aromatic N) is 1. The molecule has 0 aliphatic carbocycles. The highest BCUT2D eigenvalue weighted by Gasteiger charge is 2.13. The Bertz CT molecular complexity index is 812. The van der Waals surface area contributed by atoms with Gasteiger partial charge in [0.1, 0.15) is 5.75 Å². The van der Waals surface area contributed by atoms with Crippen molar-refractivity contribution in [2.24, 2.45) is 0 Å². The number of carbonyl (C=O) groups is 3. The Hall–Kier alpha value is -3.35. The third kappa shape index (κ3) is 5.57. The zero-order valence-corrected chi connectivity index (χ0v) is 16.2. The summed E-state index contributed by atoms with van der Waals surface area (Å²) in [6.45, 7) is 4.69. The number of nitrogens with one attached hydrogen (secondary N) is 1. The highest BCUT2D eigenvalue weighted by molar-refractivity contribution is 5.97. The van der Waals surface area contributed by atoms with Crippen LogP contribution in [-0.4, -0.2) is 49.5 Å². The van der Waals surface area contributed by atoms with Crippen molar-refractivity contribution in [3.8, 4) is 5.75 Å². The van der Waals surface area contributed by atoms with Gasteiger partial charge in [-0.15, -0.1) is 0 Å². The molecule has 0 bridgehead atoms. The van der Waals surface area contributed by atoms with E-state index in [4.69, 9.17) is 9.47 Å². The number of anilines is 1. The van der Waals surface area contributed by atoms with Crippen molar-refractivity contribution >= 4 is 23.5 Å². The first-order valence-corrected chi connectivity index (χ1v) is 8.98. The number of amides is 2. The van der Waals surface area contributed by atoms with Crippen LogP contribution in [0.1, 0.15) is 34.6 Å². The lowest BCUT2D eigenvalue weighted by atomic mass is 10.2. The number of carbonyl (C=O) groups excluding carboxylic acids is 3. The molecule has 7 heteroatoms. The Morgan fingerprint density at radius 1 is 0.893 bits per heavy atom. The second kappa shape index (κ2) is 10.1. The van der Waals surface area contributed by atoms with Crippen LogP contribution in [-0.2, 0) is 9.53 Å². The third-order valence-electron chi connectivity index (χ3n) is 4.13. The molecule has 2 amide bonds. The first-order valence-electron chi connectivity index (χ1n) is 8.98. The van der Waals surface area contributed by atoms with E-state index in [0.717, 1.165) is 0 Å². The maximum absolute atomic E-state index is 12.3. The number of methoxy groups -OCH3 is 1. The summed E-state index contributed by atoms with van der Waals surface area (Å²) in [4.78, 5) is 37.9. The van der Waals surface area contributed by atoms with Crippen LogP contribution in [0.3, 0.4) is 0 Å². The van der Waals surface area contributed by atoms with Crippen LogP contribution < -0.4 is 10.1 Å². The van der Waals surface area contributed by atoms with E-state index in [0.29, 0.717) is 35.7 Å². The second-order valence-corrected chi connectivity index (χ2v) is 5.91. The van der Waals surface area contributed by atoms with E-state index in [1.54, 1.807) is 53.4 Å². The Labute approximate surface area is 164 Å². The highest BCUT2D eigenvalue weighted by Crippen LogP contribution is 2.13. The molecule has 0 spiro atoms. The Balaban J connectivity index is 1.87. The van der Waals surface area contributed by atoms with E-state index in [-0.39, 0.29) is 5.91 Å². The van der Waals surface area contributed by atoms with Crippen molar-refractivity contribution in [2.75, 3.05) is 32.1 Å². The van der Waals surface area contributed by atoms with E-state index in [1.807, 2.05) is 13.8 Å². The fraction of sp³-hybridized carbons (Fsp3) is 0.286. The summed E-state index contributed by atoms with van der Waals surface area (Å²) in [5, 5.41) is 2.63. The molecule has 28 heavy (non-hydrogen) atoms. The molecule has 0 aliphatic rings. The first kappa shape index (κ1) is 21.0. The number of hydrogen-bond donors (Lipinski definition) is 1. The van der Waals surface area contributed by atoms with Crippen LogP contribution in [0.25, 0.3) is 0 Å². The lowest BCUT2D eigenvalue weighted by molar-refractivity contribution is -0.119. The van der Waals surface area contributed by atoms with Gasteiger partial charge < -0.3 is 19.7 Å². The van der Waals surface area contributed by atoms with Gasteiger partial charge in [-0.3, -0.25) is 9.59 Å². The molecule has 0 radical (unpaired) electrons. The maximum Gasteiger partial charge on any atom is 0.338 e. The van der Waals surface area contributed by atoms with Gasteiger partial charge >= 0.3 is 5.97 Å². The molecule has 7 nitrogen and oxygen atoms in total. The fourth-order valence-corrected chi connectivity index (χ4v) is 2.53. The molecule has 2 rings (SSSR count). The van der Waals surface area contributed by atoms with Crippen LogP contribution in [0.15, 0.2) is 48.5 Å².